The fourth-order valence-corrected chi connectivity index (χ4v) is 2.74. The van der Waals surface area contributed by atoms with Crippen molar-refractivity contribution in [1.82, 2.24) is 0 Å². The van der Waals surface area contributed by atoms with Crippen molar-refractivity contribution < 1.29 is 13.9 Å². The molecular formula is C14H14ClNO3S. The number of nitrogens with two attached hydrogens (primary N) is 1. The number of ether oxygens (including phenoxy) is 1. The van der Waals surface area contributed by atoms with E-state index in [2.05, 4.69) is 4.74 Å². The van der Waals surface area contributed by atoms with Gasteiger partial charge in [0.2, 0.25) is 0 Å². The van der Waals surface area contributed by atoms with Crippen molar-refractivity contribution >= 4 is 35.0 Å². The summed E-state index contributed by atoms with van der Waals surface area (Å²) in [5, 5.41) is 0.529. The summed E-state index contributed by atoms with van der Waals surface area (Å²) in [5.41, 5.74) is 6.67. The summed E-state index contributed by atoms with van der Waals surface area (Å²) in [4.78, 5) is 12.5. The Morgan fingerprint density at radius 1 is 1.45 bits per heavy atom. The van der Waals surface area contributed by atoms with E-state index < -0.39 is 5.97 Å². The Kier molecular flexibility index (Phi) is 4.62. The first-order valence-electron chi connectivity index (χ1n) is 5.86. The highest BCUT2D eigenvalue weighted by Crippen LogP contribution is 2.29. The van der Waals surface area contributed by atoms with Crippen LogP contribution in [0, 0.1) is 6.92 Å². The maximum absolute atomic E-state index is 11.5. The lowest BCUT2D eigenvalue weighted by molar-refractivity contribution is 0.0599. The Bertz CT molecular complexity index is 639. The SMILES string of the molecule is COC(=O)c1cc(CSc2ccc(N)c(Cl)c2)oc1C. The van der Waals surface area contributed by atoms with Gasteiger partial charge in [-0.1, -0.05) is 11.6 Å². The van der Waals surface area contributed by atoms with E-state index in [1.165, 1.54) is 7.11 Å². The Labute approximate surface area is 126 Å². The Balaban J connectivity index is 2.07. The van der Waals surface area contributed by atoms with Crippen LogP contribution in [0.5, 0.6) is 0 Å². The number of benzene rings is 1. The molecule has 0 saturated carbocycles. The molecule has 0 saturated heterocycles. The molecule has 0 fully saturated rings. The molecule has 2 N–H and O–H groups in total. The lowest BCUT2D eigenvalue weighted by Crippen LogP contribution is -2.00. The normalized spacial score (nSPS) is 10.6. The molecule has 6 heteroatoms. The molecule has 0 amide bonds. The first-order valence-corrected chi connectivity index (χ1v) is 7.23. The monoisotopic (exact) mass is 311 g/mol. The second kappa shape index (κ2) is 6.24. The van der Waals surface area contributed by atoms with Crippen molar-refractivity contribution in [2.45, 2.75) is 17.6 Å². The number of halogens is 1. The minimum Gasteiger partial charge on any atom is -0.465 e. The van der Waals surface area contributed by atoms with Gasteiger partial charge in [0, 0.05) is 4.90 Å². The fourth-order valence-electron chi connectivity index (χ4n) is 1.68. The number of hydrogen-bond donors (Lipinski definition) is 1. The lowest BCUT2D eigenvalue weighted by atomic mass is 10.2. The molecule has 1 aromatic heterocycles. The third-order valence-electron chi connectivity index (χ3n) is 2.73. The van der Waals surface area contributed by atoms with E-state index in [0.717, 1.165) is 4.90 Å². The van der Waals surface area contributed by atoms with Crippen molar-refractivity contribution in [2.75, 3.05) is 12.8 Å². The molecule has 0 aliphatic carbocycles. The number of aryl methyl sites for hydroxylation is 1. The van der Waals surface area contributed by atoms with Crippen molar-refractivity contribution in [3.63, 3.8) is 0 Å². The van der Waals surface area contributed by atoms with Crippen LogP contribution in [0.4, 0.5) is 5.69 Å². The van der Waals surface area contributed by atoms with E-state index in [1.54, 1.807) is 36.9 Å². The van der Waals surface area contributed by atoms with E-state index in [1.807, 2.05) is 6.07 Å². The Hall–Kier alpha value is -1.59. The summed E-state index contributed by atoms with van der Waals surface area (Å²) in [7, 11) is 1.35. The number of thioether (sulfide) groups is 1. The minimum atomic E-state index is -0.391. The van der Waals surface area contributed by atoms with E-state index in [4.69, 9.17) is 21.8 Å². The minimum absolute atomic E-state index is 0.391. The second-order valence-corrected chi connectivity index (χ2v) is 5.60. The number of hydrogen-bond acceptors (Lipinski definition) is 5. The van der Waals surface area contributed by atoms with Gasteiger partial charge in [-0.3, -0.25) is 0 Å². The molecule has 20 heavy (non-hydrogen) atoms. The van der Waals surface area contributed by atoms with Crippen LogP contribution in [-0.4, -0.2) is 13.1 Å². The van der Waals surface area contributed by atoms with Crippen LogP contribution in [0.1, 0.15) is 21.9 Å². The smallest absolute Gasteiger partial charge is 0.341 e. The highest BCUT2D eigenvalue weighted by molar-refractivity contribution is 7.98. The summed E-state index contributed by atoms with van der Waals surface area (Å²) in [6.07, 6.45) is 0. The first-order chi connectivity index (χ1) is 9.51. The molecule has 0 atom stereocenters. The summed E-state index contributed by atoms with van der Waals surface area (Å²) < 4.78 is 10.2. The molecule has 0 aliphatic heterocycles. The van der Waals surface area contributed by atoms with Crippen LogP contribution in [0.25, 0.3) is 0 Å². The van der Waals surface area contributed by atoms with Crippen LogP contribution >= 0.6 is 23.4 Å². The summed E-state index contributed by atoms with van der Waals surface area (Å²) in [5.74, 6) is 1.47. The number of carbonyl (C=O) groups excluding carboxylic acids is 1. The molecule has 0 radical (unpaired) electrons. The van der Waals surface area contributed by atoms with Crippen molar-refractivity contribution in [3.05, 3.63) is 46.4 Å². The number of methoxy groups -OCH3 is 1. The van der Waals surface area contributed by atoms with Gasteiger partial charge in [0.05, 0.1) is 23.6 Å². The zero-order valence-electron chi connectivity index (χ0n) is 11.1. The zero-order chi connectivity index (χ0) is 14.7. The largest absolute Gasteiger partial charge is 0.465 e. The molecule has 0 spiro atoms. The van der Waals surface area contributed by atoms with Crippen LogP contribution in [0.3, 0.4) is 0 Å². The number of rotatable bonds is 4. The Morgan fingerprint density at radius 2 is 2.20 bits per heavy atom. The fraction of sp³-hybridized carbons (Fsp3) is 0.214. The molecule has 106 valence electrons. The average Bonchev–Trinajstić information content (AvgIpc) is 2.80. The predicted molar refractivity (Wildman–Crippen MR) is 80.2 cm³/mol. The lowest BCUT2D eigenvalue weighted by Gasteiger charge is -2.02. The molecule has 2 rings (SSSR count). The quantitative estimate of drug-likeness (QED) is 0.527. The van der Waals surface area contributed by atoms with Gasteiger partial charge in [0.15, 0.2) is 0 Å². The summed E-state index contributed by atoms with van der Waals surface area (Å²) in [6.45, 7) is 1.74. The molecule has 0 bridgehead atoms. The van der Waals surface area contributed by atoms with Crippen molar-refractivity contribution in [2.24, 2.45) is 0 Å². The standard InChI is InChI=1S/C14H14ClNO3S/c1-8-11(14(17)18-2)5-9(19-8)7-20-10-3-4-13(16)12(15)6-10/h3-6H,7,16H2,1-2H3. The average molecular weight is 312 g/mol. The van der Waals surface area contributed by atoms with Crippen LogP contribution in [0.2, 0.25) is 5.02 Å². The highest BCUT2D eigenvalue weighted by Gasteiger charge is 2.15. The van der Waals surface area contributed by atoms with Crippen LogP contribution < -0.4 is 5.73 Å². The van der Waals surface area contributed by atoms with Gasteiger partial charge in [-0.05, 0) is 31.2 Å². The van der Waals surface area contributed by atoms with E-state index in [-0.39, 0.29) is 0 Å². The van der Waals surface area contributed by atoms with Gasteiger partial charge in [0.25, 0.3) is 0 Å². The van der Waals surface area contributed by atoms with Gasteiger partial charge in [-0.15, -0.1) is 11.8 Å². The molecule has 0 aliphatic rings. The van der Waals surface area contributed by atoms with Gasteiger partial charge in [0.1, 0.15) is 17.1 Å². The molecule has 1 aromatic carbocycles. The van der Waals surface area contributed by atoms with Gasteiger partial charge in [-0.25, -0.2) is 4.79 Å². The third-order valence-corrected chi connectivity index (χ3v) is 4.07. The molecule has 4 nitrogen and oxygen atoms in total. The maximum Gasteiger partial charge on any atom is 0.341 e. The summed E-state index contributed by atoms with van der Waals surface area (Å²) in [6, 6.07) is 7.16. The van der Waals surface area contributed by atoms with Crippen molar-refractivity contribution in [1.29, 1.82) is 0 Å². The predicted octanol–water partition coefficient (Wildman–Crippen LogP) is 3.90. The molecule has 2 aromatic rings. The number of nitrogen functional groups attached to an aromatic ring is 1. The Morgan fingerprint density at radius 3 is 2.85 bits per heavy atom. The van der Waals surface area contributed by atoms with Crippen LogP contribution in [0.15, 0.2) is 33.6 Å². The first kappa shape index (κ1) is 14.8. The molecular weight excluding hydrogens is 298 g/mol. The van der Waals surface area contributed by atoms with E-state index in [9.17, 15) is 4.79 Å². The highest BCUT2D eigenvalue weighted by atomic mass is 35.5. The van der Waals surface area contributed by atoms with Gasteiger partial charge in [-0.2, -0.15) is 0 Å². The van der Waals surface area contributed by atoms with Gasteiger partial charge < -0.3 is 14.9 Å². The maximum atomic E-state index is 11.5. The number of esters is 1. The number of carbonyl (C=O) groups is 1. The van der Waals surface area contributed by atoms with Crippen LogP contribution in [-0.2, 0) is 10.5 Å². The number of furan rings is 1. The van der Waals surface area contributed by atoms with E-state index >= 15 is 0 Å². The third kappa shape index (κ3) is 3.29. The van der Waals surface area contributed by atoms with E-state index in [0.29, 0.717) is 33.5 Å². The second-order valence-electron chi connectivity index (χ2n) is 4.15. The van der Waals surface area contributed by atoms with Gasteiger partial charge >= 0.3 is 5.97 Å². The molecule has 0 unspecified atom stereocenters. The summed E-state index contributed by atoms with van der Waals surface area (Å²) >= 11 is 7.51. The topological polar surface area (TPSA) is 65.5 Å². The van der Waals surface area contributed by atoms with Crippen molar-refractivity contribution in [3.8, 4) is 0 Å². The number of anilines is 1. The zero-order valence-corrected chi connectivity index (χ0v) is 12.7. The molecule has 1 heterocycles.